The van der Waals surface area contributed by atoms with E-state index in [0.29, 0.717) is 0 Å². The van der Waals surface area contributed by atoms with Gasteiger partial charge in [-0.15, -0.1) is 0 Å². The third-order valence-corrected chi connectivity index (χ3v) is 2.42. The van der Waals surface area contributed by atoms with Crippen LogP contribution >= 0.6 is 0 Å². The van der Waals surface area contributed by atoms with Crippen molar-refractivity contribution in [3.05, 3.63) is 34.2 Å². The van der Waals surface area contributed by atoms with Gasteiger partial charge in [-0.1, -0.05) is 6.07 Å². The molecule has 1 aromatic heterocycles. The highest BCUT2D eigenvalue weighted by atomic mass is 19.4. The number of hydrogen-bond acceptors (Lipinski definition) is 2. The van der Waals surface area contributed by atoms with E-state index in [1.54, 1.807) is 0 Å². The zero-order valence-corrected chi connectivity index (χ0v) is 8.58. The molecule has 2 N–H and O–H groups in total. The van der Waals surface area contributed by atoms with E-state index in [0.717, 1.165) is 10.6 Å². The molecule has 2 rings (SSSR count). The number of aromatic nitrogens is 2. The molecule has 0 radical (unpaired) electrons. The van der Waals surface area contributed by atoms with Gasteiger partial charge in [-0.25, -0.2) is 4.79 Å². The molecule has 0 fully saturated rings. The van der Waals surface area contributed by atoms with Crippen molar-refractivity contribution in [2.24, 2.45) is 0 Å². The van der Waals surface area contributed by atoms with Gasteiger partial charge in [-0.3, -0.25) is 4.57 Å². The Morgan fingerprint density at radius 1 is 1.35 bits per heavy atom. The minimum atomic E-state index is -4.54. The Bertz CT molecular complexity index is 598. The number of benzene rings is 1. The number of halogens is 3. The fourth-order valence-electron chi connectivity index (χ4n) is 1.76. The standard InChI is InChI=1S/C10H9F3N2O2/c11-10(12,13)6-2-1-3-7-8(6)15(4-5-16)9(17)14-7/h1-3,16H,4-5H2,(H,14,17). The fourth-order valence-corrected chi connectivity index (χ4v) is 1.76. The highest BCUT2D eigenvalue weighted by molar-refractivity contribution is 5.79. The second-order valence-corrected chi connectivity index (χ2v) is 3.50. The lowest BCUT2D eigenvalue weighted by Crippen LogP contribution is -2.20. The van der Waals surface area contributed by atoms with E-state index in [4.69, 9.17) is 5.11 Å². The smallest absolute Gasteiger partial charge is 0.395 e. The molecular formula is C10H9F3N2O2. The van der Waals surface area contributed by atoms with Crippen LogP contribution < -0.4 is 5.69 Å². The average molecular weight is 246 g/mol. The topological polar surface area (TPSA) is 58.0 Å². The summed E-state index contributed by atoms with van der Waals surface area (Å²) in [7, 11) is 0. The van der Waals surface area contributed by atoms with E-state index in [1.807, 2.05) is 0 Å². The van der Waals surface area contributed by atoms with Crippen LogP contribution in [0.1, 0.15) is 5.56 Å². The third-order valence-electron chi connectivity index (χ3n) is 2.42. The van der Waals surface area contributed by atoms with E-state index >= 15 is 0 Å². The van der Waals surface area contributed by atoms with Gasteiger partial charge in [-0.2, -0.15) is 13.2 Å². The number of alkyl halides is 3. The van der Waals surface area contributed by atoms with Gasteiger partial charge in [0, 0.05) is 0 Å². The number of fused-ring (bicyclic) bond motifs is 1. The SMILES string of the molecule is O=c1[nH]c2cccc(C(F)(F)F)c2n1CCO. The fraction of sp³-hybridized carbons (Fsp3) is 0.300. The number of rotatable bonds is 2. The van der Waals surface area contributed by atoms with Crippen LogP contribution in [0, 0.1) is 0 Å². The number of para-hydroxylation sites is 1. The lowest BCUT2D eigenvalue weighted by Gasteiger charge is -2.10. The Morgan fingerprint density at radius 2 is 2.06 bits per heavy atom. The number of hydrogen-bond donors (Lipinski definition) is 2. The predicted molar refractivity (Wildman–Crippen MR) is 54.6 cm³/mol. The quantitative estimate of drug-likeness (QED) is 0.840. The molecule has 92 valence electrons. The molecule has 7 heteroatoms. The molecule has 0 atom stereocenters. The van der Waals surface area contributed by atoms with Crippen molar-refractivity contribution in [1.82, 2.24) is 9.55 Å². The van der Waals surface area contributed by atoms with Crippen LogP contribution in [0.25, 0.3) is 11.0 Å². The summed E-state index contributed by atoms with van der Waals surface area (Å²) < 4.78 is 39.2. The van der Waals surface area contributed by atoms with Crippen molar-refractivity contribution in [3.63, 3.8) is 0 Å². The minimum absolute atomic E-state index is 0.110. The average Bonchev–Trinajstić information content (AvgIpc) is 2.54. The first kappa shape index (κ1) is 11.7. The Hall–Kier alpha value is -1.76. The van der Waals surface area contributed by atoms with Crippen molar-refractivity contribution >= 4 is 11.0 Å². The zero-order chi connectivity index (χ0) is 12.6. The van der Waals surface area contributed by atoms with Gasteiger partial charge in [0.25, 0.3) is 0 Å². The van der Waals surface area contributed by atoms with Crippen molar-refractivity contribution < 1.29 is 18.3 Å². The Labute approximate surface area is 93.3 Å². The van der Waals surface area contributed by atoms with Crippen molar-refractivity contribution in [3.8, 4) is 0 Å². The lowest BCUT2D eigenvalue weighted by molar-refractivity contribution is -0.136. The summed E-state index contributed by atoms with van der Waals surface area (Å²) in [5, 5.41) is 8.76. The Balaban J connectivity index is 2.81. The van der Waals surface area contributed by atoms with E-state index in [1.165, 1.54) is 12.1 Å². The van der Waals surface area contributed by atoms with Crippen LogP contribution in [0.2, 0.25) is 0 Å². The van der Waals surface area contributed by atoms with Crippen LogP contribution in [0.3, 0.4) is 0 Å². The molecule has 0 saturated carbocycles. The second-order valence-electron chi connectivity index (χ2n) is 3.50. The second kappa shape index (κ2) is 3.92. The number of nitrogens with one attached hydrogen (secondary N) is 1. The molecule has 0 amide bonds. The maximum absolute atomic E-state index is 12.8. The first-order chi connectivity index (χ1) is 7.95. The molecule has 0 spiro atoms. The van der Waals surface area contributed by atoms with Crippen LogP contribution in [-0.4, -0.2) is 21.3 Å². The van der Waals surface area contributed by atoms with Gasteiger partial charge >= 0.3 is 11.9 Å². The Kier molecular flexibility index (Phi) is 2.70. The summed E-state index contributed by atoms with van der Waals surface area (Å²) in [4.78, 5) is 13.8. The summed E-state index contributed by atoms with van der Waals surface area (Å²) in [5.74, 6) is 0. The monoisotopic (exact) mass is 246 g/mol. The largest absolute Gasteiger partial charge is 0.418 e. The molecule has 17 heavy (non-hydrogen) atoms. The number of aliphatic hydroxyl groups is 1. The minimum Gasteiger partial charge on any atom is -0.395 e. The molecule has 0 aliphatic rings. The molecular weight excluding hydrogens is 237 g/mol. The summed E-state index contributed by atoms with van der Waals surface area (Å²) >= 11 is 0. The summed E-state index contributed by atoms with van der Waals surface area (Å²) in [6, 6.07) is 3.52. The third kappa shape index (κ3) is 1.93. The number of imidazole rings is 1. The van der Waals surface area contributed by atoms with Crippen molar-refractivity contribution in [2.45, 2.75) is 12.7 Å². The molecule has 1 heterocycles. The highest BCUT2D eigenvalue weighted by Crippen LogP contribution is 2.33. The van der Waals surface area contributed by atoms with E-state index in [-0.39, 0.29) is 17.6 Å². The lowest BCUT2D eigenvalue weighted by atomic mass is 10.1. The van der Waals surface area contributed by atoms with Gasteiger partial charge in [0.05, 0.1) is 29.7 Å². The molecule has 0 aliphatic carbocycles. The zero-order valence-electron chi connectivity index (χ0n) is 8.58. The van der Waals surface area contributed by atoms with Gasteiger partial charge < -0.3 is 10.1 Å². The van der Waals surface area contributed by atoms with E-state index in [9.17, 15) is 18.0 Å². The van der Waals surface area contributed by atoms with Crippen molar-refractivity contribution in [1.29, 1.82) is 0 Å². The van der Waals surface area contributed by atoms with Gasteiger partial charge in [0.1, 0.15) is 0 Å². The number of aliphatic hydroxyl groups excluding tert-OH is 1. The predicted octanol–water partition coefficient (Wildman–Crippen LogP) is 1.34. The van der Waals surface area contributed by atoms with Crippen LogP contribution in [-0.2, 0) is 12.7 Å². The molecule has 4 nitrogen and oxygen atoms in total. The Morgan fingerprint density at radius 3 is 2.65 bits per heavy atom. The van der Waals surface area contributed by atoms with Crippen molar-refractivity contribution in [2.75, 3.05) is 6.61 Å². The van der Waals surface area contributed by atoms with E-state index in [2.05, 4.69) is 4.98 Å². The molecule has 0 bridgehead atoms. The molecule has 0 saturated heterocycles. The maximum atomic E-state index is 12.8. The number of nitrogens with zero attached hydrogens (tertiary/aromatic N) is 1. The van der Waals surface area contributed by atoms with Crippen LogP contribution in [0.4, 0.5) is 13.2 Å². The molecule has 2 aromatic rings. The van der Waals surface area contributed by atoms with Crippen LogP contribution in [0.15, 0.2) is 23.0 Å². The summed E-state index contributed by atoms with van der Waals surface area (Å²) in [6.45, 7) is -0.578. The summed E-state index contributed by atoms with van der Waals surface area (Å²) in [6.07, 6.45) is -4.54. The molecule has 0 aliphatic heterocycles. The normalized spacial score (nSPS) is 12.2. The first-order valence-corrected chi connectivity index (χ1v) is 4.84. The van der Waals surface area contributed by atoms with Gasteiger partial charge in [-0.05, 0) is 12.1 Å². The number of aromatic amines is 1. The van der Waals surface area contributed by atoms with Gasteiger partial charge in [0.15, 0.2) is 0 Å². The molecule has 1 aromatic carbocycles. The van der Waals surface area contributed by atoms with Gasteiger partial charge in [0.2, 0.25) is 0 Å². The van der Waals surface area contributed by atoms with E-state index < -0.39 is 24.0 Å². The highest BCUT2D eigenvalue weighted by Gasteiger charge is 2.34. The van der Waals surface area contributed by atoms with Crippen LogP contribution in [0.5, 0.6) is 0 Å². The maximum Gasteiger partial charge on any atom is 0.418 e. The number of H-pyrrole nitrogens is 1. The first-order valence-electron chi connectivity index (χ1n) is 4.84. The molecule has 0 unspecified atom stereocenters. The summed E-state index contributed by atoms with van der Waals surface area (Å²) in [5.41, 5.74) is -1.66.